The number of hydrogen-bond donors (Lipinski definition) is 1. The van der Waals surface area contributed by atoms with E-state index in [1.54, 1.807) is 0 Å². The van der Waals surface area contributed by atoms with Crippen molar-refractivity contribution in [2.24, 2.45) is 11.1 Å². The van der Waals surface area contributed by atoms with E-state index >= 15 is 0 Å². The van der Waals surface area contributed by atoms with Crippen molar-refractivity contribution in [2.75, 3.05) is 13.1 Å². The van der Waals surface area contributed by atoms with E-state index < -0.39 is 34.7 Å². The van der Waals surface area contributed by atoms with Crippen LogP contribution in [-0.4, -0.2) is 44.9 Å². The quantitative estimate of drug-likeness (QED) is 0.756. The molecule has 0 radical (unpaired) electrons. The van der Waals surface area contributed by atoms with Gasteiger partial charge in [0.15, 0.2) is 11.4 Å². The Morgan fingerprint density at radius 1 is 1.32 bits per heavy atom. The van der Waals surface area contributed by atoms with E-state index in [1.807, 2.05) is 13.8 Å². The number of benzene rings is 1. The van der Waals surface area contributed by atoms with E-state index in [0.717, 1.165) is 12.1 Å². The molecule has 1 amide bonds. The molecule has 28 heavy (non-hydrogen) atoms. The minimum Gasteiger partial charge on any atom is -0.337 e. The number of carbonyl (C=O) groups is 1. The summed E-state index contributed by atoms with van der Waals surface area (Å²) in [5, 5.41) is 6.95. The van der Waals surface area contributed by atoms with Gasteiger partial charge in [-0.25, -0.2) is 9.07 Å². The molecule has 2 aromatic rings. The summed E-state index contributed by atoms with van der Waals surface area (Å²) < 4.78 is 54.9. The van der Waals surface area contributed by atoms with Gasteiger partial charge in [0, 0.05) is 19.1 Å². The fraction of sp³-hybridized carbons (Fsp3) is 0.471. The van der Waals surface area contributed by atoms with Crippen LogP contribution in [0.3, 0.4) is 0 Å². The second-order valence-electron chi connectivity index (χ2n) is 7.29. The SMILES string of the molecule is CC1(C)CN(C(=O)c2nnn(-c3cccc(F)c3)c2C(F)(F)F)CCC1N.Cl. The van der Waals surface area contributed by atoms with Crippen molar-refractivity contribution in [1.29, 1.82) is 0 Å². The zero-order chi connectivity index (χ0) is 20.0. The summed E-state index contributed by atoms with van der Waals surface area (Å²) in [7, 11) is 0. The zero-order valence-electron chi connectivity index (χ0n) is 15.2. The number of alkyl halides is 3. The van der Waals surface area contributed by atoms with Crippen LogP contribution < -0.4 is 5.73 Å². The standard InChI is InChI=1S/C17H19F4N5O.ClH/c1-16(2)9-25(7-6-12(16)22)15(27)13-14(17(19,20)21)26(24-23-13)11-5-3-4-10(18)8-11;/h3-5,8,12H,6-7,9,22H2,1-2H3;1H. The number of hydrogen-bond acceptors (Lipinski definition) is 4. The summed E-state index contributed by atoms with van der Waals surface area (Å²) in [6.07, 6.45) is -4.43. The molecule has 6 nitrogen and oxygen atoms in total. The third-order valence-electron chi connectivity index (χ3n) is 4.79. The van der Waals surface area contributed by atoms with Gasteiger partial charge in [0.05, 0.1) is 5.69 Å². The molecule has 2 N–H and O–H groups in total. The fourth-order valence-electron chi connectivity index (χ4n) is 3.17. The summed E-state index contributed by atoms with van der Waals surface area (Å²) in [6.45, 7) is 4.14. The number of piperidine rings is 1. The summed E-state index contributed by atoms with van der Waals surface area (Å²) in [6, 6.07) is 4.33. The maximum absolute atomic E-state index is 13.7. The minimum absolute atomic E-state index is 0. The van der Waals surface area contributed by atoms with E-state index in [-0.39, 0.29) is 37.2 Å². The first-order valence-electron chi connectivity index (χ1n) is 8.34. The molecule has 1 fully saturated rings. The molecule has 1 atom stereocenters. The first kappa shape index (κ1) is 22.1. The molecule has 1 unspecified atom stereocenters. The lowest BCUT2D eigenvalue weighted by molar-refractivity contribution is -0.143. The summed E-state index contributed by atoms with van der Waals surface area (Å²) >= 11 is 0. The van der Waals surface area contributed by atoms with Gasteiger partial charge >= 0.3 is 6.18 Å². The van der Waals surface area contributed by atoms with Gasteiger partial charge < -0.3 is 10.6 Å². The first-order chi connectivity index (χ1) is 12.5. The first-order valence-corrected chi connectivity index (χ1v) is 8.34. The predicted octanol–water partition coefficient (Wildman–Crippen LogP) is 3.05. The molecule has 3 rings (SSSR count). The van der Waals surface area contributed by atoms with Crippen molar-refractivity contribution in [3.63, 3.8) is 0 Å². The number of amides is 1. The second kappa shape index (κ2) is 7.67. The van der Waals surface area contributed by atoms with Crippen LogP contribution in [0.1, 0.15) is 36.5 Å². The largest absolute Gasteiger partial charge is 0.435 e. The summed E-state index contributed by atoms with van der Waals surface area (Å²) in [4.78, 5) is 14.1. The maximum atomic E-state index is 13.7. The smallest absolute Gasteiger partial charge is 0.337 e. The van der Waals surface area contributed by atoms with Crippen molar-refractivity contribution < 1.29 is 22.4 Å². The second-order valence-corrected chi connectivity index (χ2v) is 7.29. The molecule has 0 saturated carbocycles. The Kier molecular flexibility index (Phi) is 6.05. The lowest BCUT2D eigenvalue weighted by Crippen LogP contribution is -2.54. The molecule has 0 spiro atoms. The van der Waals surface area contributed by atoms with Gasteiger partial charge in [0.25, 0.3) is 5.91 Å². The van der Waals surface area contributed by atoms with Crippen LogP contribution >= 0.6 is 12.4 Å². The van der Waals surface area contributed by atoms with Crippen LogP contribution in [0.25, 0.3) is 5.69 Å². The van der Waals surface area contributed by atoms with Crippen molar-refractivity contribution in [3.05, 3.63) is 41.5 Å². The number of nitrogens with zero attached hydrogens (tertiary/aromatic N) is 4. The molecule has 0 bridgehead atoms. The highest BCUT2D eigenvalue weighted by Crippen LogP contribution is 2.35. The van der Waals surface area contributed by atoms with Crippen LogP contribution in [0, 0.1) is 11.2 Å². The molecule has 1 aliphatic heterocycles. The molecule has 1 aliphatic rings. The average molecular weight is 422 g/mol. The van der Waals surface area contributed by atoms with Gasteiger partial charge in [-0.05, 0) is 30.0 Å². The number of aromatic nitrogens is 3. The topological polar surface area (TPSA) is 77.0 Å². The van der Waals surface area contributed by atoms with Gasteiger partial charge in [-0.1, -0.05) is 25.1 Å². The number of nitrogens with two attached hydrogens (primary N) is 1. The monoisotopic (exact) mass is 421 g/mol. The van der Waals surface area contributed by atoms with Crippen LogP contribution in [0.2, 0.25) is 0 Å². The van der Waals surface area contributed by atoms with Crippen LogP contribution in [0.4, 0.5) is 17.6 Å². The molecular formula is C17H20ClF4N5O. The molecule has 0 aliphatic carbocycles. The number of rotatable bonds is 2. The lowest BCUT2D eigenvalue weighted by Gasteiger charge is -2.42. The number of halogens is 5. The number of carbonyl (C=O) groups excluding carboxylic acids is 1. The van der Waals surface area contributed by atoms with E-state index in [2.05, 4.69) is 10.3 Å². The zero-order valence-corrected chi connectivity index (χ0v) is 16.0. The number of likely N-dealkylation sites (tertiary alicyclic amines) is 1. The highest BCUT2D eigenvalue weighted by molar-refractivity contribution is 5.93. The molecule has 1 aromatic carbocycles. The molecule has 1 aromatic heterocycles. The normalized spacial score (nSPS) is 19.2. The van der Waals surface area contributed by atoms with Crippen LogP contribution in [-0.2, 0) is 6.18 Å². The molecular weight excluding hydrogens is 402 g/mol. The van der Waals surface area contributed by atoms with Crippen LogP contribution in [0.15, 0.2) is 24.3 Å². The Bertz CT molecular complexity index is 867. The summed E-state index contributed by atoms with van der Waals surface area (Å²) in [5.74, 6) is -1.60. The van der Waals surface area contributed by atoms with Crippen molar-refractivity contribution in [1.82, 2.24) is 19.9 Å². The van der Waals surface area contributed by atoms with Gasteiger partial charge in [-0.15, -0.1) is 17.5 Å². The van der Waals surface area contributed by atoms with E-state index in [1.165, 1.54) is 17.0 Å². The Morgan fingerprint density at radius 3 is 2.57 bits per heavy atom. The highest BCUT2D eigenvalue weighted by atomic mass is 35.5. The van der Waals surface area contributed by atoms with E-state index in [0.29, 0.717) is 11.1 Å². The van der Waals surface area contributed by atoms with Gasteiger partial charge in [0.1, 0.15) is 5.82 Å². The lowest BCUT2D eigenvalue weighted by atomic mass is 9.79. The third kappa shape index (κ3) is 4.12. The molecule has 11 heteroatoms. The third-order valence-corrected chi connectivity index (χ3v) is 4.79. The average Bonchev–Trinajstić information content (AvgIpc) is 3.02. The van der Waals surface area contributed by atoms with Crippen LogP contribution in [0.5, 0.6) is 0 Å². The van der Waals surface area contributed by atoms with Crippen molar-refractivity contribution >= 4 is 18.3 Å². The van der Waals surface area contributed by atoms with Gasteiger partial charge in [-0.2, -0.15) is 13.2 Å². The maximum Gasteiger partial charge on any atom is 0.435 e. The Balaban J connectivity index is 0.00000280. The fourth-order valence-corrected chi connectivity index (χ4v) is 3.17. The molecule has 154 valence electrons. The molecule has 2 heterocycles. The van der Waals surface area contributed by atoms with Gasteiger partial charge in [0.2, 0.25) is 0 Å². The minimum atomic E-state index is -4.90. The van der Waals surface area contributed by atoms with Gasteiger partial charge in [-0.3, -0.25) is 4.79 Å². The predicted molar refractivity (Wildman–Crippen MR) is 95.8 cm³/mol. The Labute approximate surface area is 165 Å². The van der Waals surface area contributed by atoms with E-state index in [4.69, 9.17) is 5.73 Å². The summed E-state index contributed by atoms with van der Waals surface area (Å²) in [5.41, 5.74) is 3.28. The highest BCUT2D eigenvalue weighted by Gasteiger charge is 2.44. The van der Waals surface area contributed by atoms with Crippen molar-refractivity contribution in [2.45, 2.75) is 32.5 Å². The Morgan fingerprint density at radius 2 is 2.00 bits per heavy atom. The molecule has 1 saturated heterocycles. The Hall–Kier alpha value is -2.20. The van der Waals surface area contributed by atoms with E-state index in [9.17, 15) is 22.4 Å². The van der Waals surface area contributed by atoms with Crippen molar-refractivity contribution in [3.8, 4) is 5.69 Å².